The number of rotatable bonds is 7. The van der Waals surface area contributed by atoms with Crippen LogP contribution in [0, 0.1) is 0 Å². The minimum absolute atomic E-state index is 0.321. The van der Waals surface area contributed by atoms with Crippen molar-refractivity contribution in [2.24, 2.45) is 5.73 Å². The first-order valence-electron chi connectivity index (χ1n) is 7.20. The SMILES string of the molecule is CCC(CCN)Nc1nccc2cc(OC)c(OC)cc12. The first-order chi connectivity index (χ1) is 10.2. The van der Waals surface area contributed by atoms with Crippen LogP contribution in [-0.4, -0.2) is 31.8 Å². The van der Waals surface area contributed by atoms with Gasteiger partial charge in [0.25, 0.3) is 0 Å². The number of nitrogens with two attached hydrogens (primary N) is 1. The van der Waals surface area contributed by atoms with E-state index < -0.39 is 0 Å². The van der Waals surface area contributed by atoms with Gasteiger partial charge in [-0.1, -0.05) is 6.92 Å². The number of pyridine rings is 1. The van der Waals surface area contributed by atoms with Crippen molar-refractivity contribution in [3.05, 3.63) is 24.4 Å². The number of nitrogens with zero attached hydrogens (tertiary/aromatic N) is 1. The number of hydrogen-bond acceptors (Lipinski definition) is 5. The first-order valence-corrected chi connectivity index (χ1v) is 7.20. The van der Waals surface area contributed by atoms with E-state index in [0.717, 1.165) is 35.2 Å². The monoisotopic (exact) mass is 289 g/mol. The summed E-state index contributed by atoms with van der Waals surface area (Å²) in [6, 6.07) is 6.21. The predicted molar refractivity (Wildman–Crippen MR) is 86.2 cm³/mol. The normalized spacial score (nSPS) is 12.2. The van der Waals surface area contributed by atoms with E-state index >= 15 is 0 Å². The van der Waals surface area contributed by atoms with Gasteiger partial charge in [0.1, 0.15) is 5.82 Å². The number of aromatic nitrogens is 1. The van der Waals surface area contributed by atoms with Crippen LogP contribution in [-0.2, 0) is 0 Å². The molecule has 5 nitrogen and oxygen atoms in total. The van der Waals surface area contributed by atoms with Crippen LogP contribution in [0.15, 0.2) is 24.4 Å². The van der Waals surface area contributed by atoms with E-state index in [-0.39, 0.29) is 0 Å². The number of nitrogens with one attached hydrogen (secondary N) is 1. The van der Waals surface area contributed by atoms with E-state index in [1.807, 2.05) is 18.2 Å². The molecular formula is C16H23N3O2. The summed E-state index contributed by atoms with van der Waals surface area (Å²) in [5, 5.41) is 5.56. The highest BCUT2D eigenvalue weighted by atomic mass is 16.5. The van der Waals surface area contributed by atoms with Gasteiger partial charge in [-0.3, -0.25) is 0 Å². The van der Waals surface area contributed by atoms with Gasteiger partial charge in [-0.05, 0) is 43.0 Å². The maximum atomic E-state index is 5.66. The second-order valence-corrected chi connectivity index (χ2v) is 4.91. The minimum Gasteiger partial charge on any atom is -0.493 e. The van der Waals surface area contributed by atoms with Crippen molar-refractivity contribution in [2.75, 3.05) is 26.1 Å². The van der Waals surface area contributed by atoms with Crippen LogP contribution in [0.25, 0.3) is 10.8 Å². The Labute approximate surface area is 125 Å². The van der Waals surface area contributed by atoms with E-state index in [1.165, 1.54) is 0 Å². The molecule has 3 N–H and O–H groups in total. The van der Waals surface area contributed by atoms with Crippen molar-refractivity contribution < 1.29 is 9.47 Å². The third-order valence-corrected chi connectivity index (χ3v) is 3.62. The second-order valence-electron chi connectivity index (χ2n) is 4.91. The fraction of sp³-hybridized carbons (Fsp3) is 0.438. The number of benzene rings is 1. The van der Waals surface area contributed by atoms with Gasteiger partial charge in [0.2, 0.25) is 0 Å². The maximum Gasteiger partial charge on any atom is 0.161 e. The van der Waals surface area contributed by atoms with Crippen LogP contribution in [0.5, 0.6) is 11.5 Å². The van der Waals surface area contributed by atoms with Crippen molar-refractivity contribution in [1.29, 1.82) is 0 Å². The van der Waals surface area contributed by atoms with Crippen LogP contribution in [0.3, 0.4) is 0 Å². The molecule has 0 saturated heterocycles. The summed E-state index contributed by atoms with van der Waals surface area (Å²) in [6.45, 7) is 2.80. The van der Waals surface area contributed by atoms with Crippen LogP contribution in [0.2, 0.25) is 0 Å². The van der Waals surface area contributed by atoms with Gasteiger partial charge in [0.15, 0.2) is 11.5 Å². The Balaban J connectivity index is 2.44. The molecule has 114 valence electrons. The highest BCUT2D eigenvalue weighted by Gasteiger charge is 2.12. The Hall–Kier alpha value is -2.01. The molecule has 0 spiro atoms. The van der Waals surface area contributed by atoms with Crippen molar-refractivity contribution in [3.63, 3.8) is 0 Å². The lowest BCUT2D eigenvalue weighted by atomic mass is 10.1. The number of ether oxygens (including phenoxy) is 2. The standard InChI is InChI=1S/C16H23N3O2/c1-4-12(5-7-17)19-16-13-10-15(21-3)14(20-2)9-11(13)6-8-18-16/h6,8-10,12H,4-5,7,17H2,1-3H3,(H,18,19). The van der Waals surface area contributed by atoms with E-state index in [1.54, 1.807) is 20.4 Å². The summed E-state index contributed by atoms with van der Waals surface area (Å²) in [4.78, 5) is 4.46. The molecule has 1 atom stereocenters. The molecule has 0 saturated carbocycles. The highest BCUT2D eigenvalue weighted by Crippen LogP contribution is 2.34. The van der Waals surface area contributed by atoms with Crippen molar-refractivity contribution >= 4 is 16.6 Å². The lowest BCUT2D eigenvalue weighted by Gasteiger charge is -2.18. The fourth-order valence-corrected chi connectivity index (χ4v) is 2.39. The summed E-state index contributed by atoms with van der Waals surface area (Å²) in [7, 11) is 3.27. The Bertz CT molecular complexity index is 601. The quantitative estimate of drug-likeness (QED) is 0.820. The predicted octanol–water partition coefficient (Wildman–Crippen LogP) is 2.79. The number of fused-ring (bicyclic) bond motifs is 1. The maximum absolute atomic E-state index is 5.66. The Morgan fingerprint density at radius 3 is 2.57 bits per heavy atom. The van der Waals surface area contributed by atoms with E-state index in [4.69, 9.17) is 15.2 Å². The van der Waals surface area contributed by atoms with Crippen LogP contribution in [0.4, 0.5) is 5.82 Å². The Morgan fingerprint density at radius 1 is 1.24 bits per heavy atom. The average Bonchev–Trinajstić information content (AvgIpc) is 2.53. The number of hydrogen-bond donors (Lipinski definition) is 2. The third kappa shape index (κ3) is 3.36. The molecule has 5 heteroatoms. The average molecular weight is 289 g/mol. The molecule has 2 rings (SSSR count). The molecule has 0 bridgehead atoms. The van der Waals surface area contributed by atoms with Gasteiger partial charge < -0.3 is 20.5 Å². The van der Waals surface area contributed by atoms with Gasteiger partial charge in [0.05, 0.1) is 14.2 Å². The number of anilines is 1. The summed E-state index contributed by atoms with van der Waals surface area (Å²) >= 11 is 0. The van der Waals surface area contributed by atoms with Crippen LogP contribution in [0.1, 0.15) is 19.8 Å². The van der Waals surface area contributed by atoms with Crippen LogP contribution < -0.4 is 20.5 Å². The molecule has 2 aromatic rings. The van der Waals surface area contributed by atoms with E-state index in [2.05, 4.69) is 17.2 Å². The lowest BCUT2D eigenvalue weighted by molar-refractivity contribution is 0.356. The number of methoxy groups -OCH3 is 2. The summed E-state index contributed by atoms with van der Waals surface area (Å²) in [5.41, 5.74) is 5.66. The molecule has 1 heterocycles. The Kier molecular flexibility index (Phi) is 5.22. The minimum atomic E-state index is 0.321. The van der Waals surface area contributed by atoms with Gasteiger partial charge >= 0.3 is 0 Å². The van der Waals surface area contributed by atoms with Gasteiger partial charge in [0, 0.05) is 17.6 Å². The zero-order chi connectivity index (χ0) is 15.2. The van der Waals surface area contributed by atoms with E-state index in [9.17, 15) is 0 Å². The molecule has 21 heavy (non-hydrogen) atoms. The molecule has 0 aliphatic carbocycles. The second kappa shape index (κ2) is 7.13. The third-order valence-electron chi connectivity index (χ3n) is 3.62. The van der Waals surface area contributed by atoms with Crippen molar-refractivity contribution in [3.8, 4) is 11.5 Å². The highest BCUT2D eigenvalue weighted by molar-refractivity contribution is 5.94. The van der Waals surface area contributed by atoms with Gasteiger partial charge in [-0.2, -0.15) is 0 Å². The van der Waals surface area contributed by atoms with Crippen LogP contribution >= 0.6 is 0 Å². The van der Waals surface area contributed by atoms with Gasteiger partial charge in [-0.15, -0.1) is 0 Å². The summed E-state index contributed by atoms with van der Waals surface area (Å²) in [5.74, 6) is 2.28. The molecule has 1 unspecified atom stereocenters. The van der Waals surface area contributed by atoms with Crippen molar-refractivity contribution in [1.82, 2.24) is 4.98 Å². The molecule has 1 aromatic carbocycles. The smallest absolute Gasteiger partial charge is 0.161 e. The molecule has 0 fully saturated rings. The summed E-state index contributed by atoms with van der Waals surface area (Å²) < 4.78 is 10.7. The first kappa shape index (κ1) is 15.4. The molecule has 0 radical (unpaired) electrons. The molecular weight excluding hydrogens is 266 g/mol. The zero-order valence-electron chi connectivity index (χ0n) is 12.8. The zero-order valence-corrected chi connectivity index (χ0v) is 12.8. The molecule has 0 amide bonds. The van der Waals surface area contributed by atoms with Crippen molar-refractivity contribution in [2.45, 2.75) is 25.8 Å². The Morgan fingerprint density at radius 2 is 1.95 bits per heavy atom. The topological polar surface area (TPSA) is 69.4 Å². The van der Waals surface area contributed by atoms with E-state index in [0.29, 0.717) is 18.3 Å². The molecule has 1 aromatic heterocycles. The fourth-order valence-electron chi connectivity index (χ4n) is 2.39. The molecule has 0 aliphatic rings. The largest absolute Gasteiger partial charge is 0.493 e. The lowest BCUT2D eigenvalue weighted by Crippen LogP contribution is -2.22. The molecule has 0 aliphatic heterocycles. The van der Waals surface area contributed by atoms with Gasteiger partial charge in [-0.25, -0.2) is 4.98 Å². The summed E-state index contributed by atoms with van der Waals surface area (Å²) in [6.07, 6.45) is 3.72.